The molecule has 9 heteroatoms. The zero-order valence-electron chi connectivity index (χ0n) is 10.2. The second-order valence-electron chi connectivity index (χ2n) is 4.01. The van der Waals surface area contributed by atoms with E-state index in [0.29, 0.717) is 0 Å². The Morgan fingerprint density at radius 2 is 1.81 bits per heavy atom. The number of carbonyl (C=O) groups excluding carboxylic acids is 1. The van der Waals surface area contributed by atoms with Gasteiger partial charge in [0.2, 0.25) is 0 Å². The van der Waals surface area contributed by atoms with Gasteiger partial charge >= 0.3 is 18.0 Å². The van der Waals surface area contributed by atoms with Crippen molar-refractivity contribution >= 4 is 11.6 Å². The van der Waals surface area contributed by atoms with Crippen molar-refractivity contribution in [2.75, 3.05) is 5.32 Å². The third-order valence-corrected chi connectivity index (χ3v) is 2.58. The van der Waals surface area contributed by atoms with E-state index in [4.69, 9.17) is 0 Å². The highest BCUT2D eigenvalue weighted by molar-refractivity contribution is 5.98. The highest BCUT2D eigenvalue weighted by atomic mass is 19.4. The summed E-state index contributed by atoms with van der Waals surface area (Å²) in [5.74, 6) is -7.92. The van der Waals surface area contributed by atoms with Gasteiger partial charge in [0, 0.05) is 12.4 Å². The number of alkyl halides is 5. The Hall–Kier alpha value is -2.45. The molecule has 0 bridgehead atoms. The van der Waals surface area contributed by atoms with Crippen molar-refractivity contribution in [1.29, 1.82) is 0 Å². The van der Waals surface area contributed by atoms with Crippen molar-refractivity contribution in [2.45, 2.75) is 12.1 Å². The molecule has 1 N–H and O–H groups in total. The number of benzene rings is 1. The van der Waals surface area contributed by atoms with E-state index in [0.717, 1.165) is 0 Å². The monoisotopic (exact) mass is 305 g/mol. The molecular formula is C12H8F5N3O. The third kappa shape index (κ3) is 2.86. The first-order valence-electron chi connectivity index (χ1n) is 5.57. The van der Waals surface area contributed by atoms with Crippen LogP contribution in [0.5, 0.6) is 0 Å². The number of halogens is 5. The second kappa shape index (κ2) is 5.15. The van der Waals surface area contributed by atoms with Crippen molar-refractivity contribution in [3.63, 3.8) is 0 Å². The first kappa shape index (κ1) is 14.9. The average molecular weight is 305 g/mol. The number of anilines is 1. The summed E-state index contributed by atoms with van der Waals surface area (Å²) in [6, 6.07) is 5.57. The van der Waals surface area contributed by atoms with Crippen LogP contribution in [0.3, 0.4) is 0 Å². The number of rotatable bonds is 3. The van der Waals surface area contributed by atoms with Crippen LogP contribution in [-0.2, 0) is 4.79 Å². The average Bonchev–Trinajstić information content (AvgIpc) is 2.91. The van der Waals surface area contributed by atoms with E-state index in [1.54, 1.807) is 5.32 Å². The maximum Gasteiger partial charge on any atom is 0.463 e. The molecule has 112 valence electrons. The summed E-state index contributed by atoms with van der Waals surface area (Å²) < 4.78 is 63.6. The van der Waals surface area contributed by atoms with Crippen molar-refractivity contribution < 1.29 is 26.7 Å². The van der Waals surface area contributed by atoms with Crippen LogP contribution in [0.25, 0.3) is 5.69 Å². The molecule has 4 nitrogen and oxygen atoms in total. The fourth-order valence-electron chi connectivity index (χ4n) is 1.54. The molecule has 0 aliphatic heterocycles. The molecule has 1 amide bonds. The molecule has 0 atom stereocenters. The van der Waals surface area contributed by atoms with Crippen LogP contribution >= 0.6 is 0 Å². The van der Waals surface area contributed by atoms with Crippen molar-refractivity contribution in [2.24, 2.45) is 0 Å². The molecule has 0 unspecified atom stereocenters. The molecule has 1 aromatic carbocycles. The Morgan fingerprint density at radius 3 is 2.38 bits per heavy atom. The minimum Gasteiger partial charge on any atom is -0.319 e. The van der Waals surface area contributed by atoms with E-state index in [-0.39, 0.29) is 11.4 Å². The highest BCUT2D eigenvalue weighted by Crippen LogP contribution is 2.36. The molecule has 0 aliphatic carbocycles. The van der Waals surface area contributed by atoms with Gasteiger partial charge in [0.15, 0.2) is 0 Å². The van der Waals surface area contributed by atoms with Crippen LogP contribution in [0.2, 0.25) is 0 Å². The molecular weight excluding hydrogens is 297 g/mol. The minimum absolute atomic E-state index is 0.190. The number of hydrogen-bond acceptors (Lipinski definition) is 2. The van der Waals surface area contributed by atoms with Gasteiger partial charge in [-0.3, -0.25) is 4.79 Å². The summed E-state index contributed by atoms with van der Waals surface area (Å²) in [6.07, 6.45) is -1.80. The zero-order valence-corrected chi connectivity index (χ0v) is 10.2. The Balaban J connectivity index is 2.31. The summed E-state index contributed by atoms with van der Waals surface area (Å²) in [4.78, 5) is 14.9. The largest absolute Gasteiger partial charge is 0.463 e. The predicted octanol–water partition coefficient (Wildman–Crippen LogP) is 3.01. The predicted molar refractivity (Wildman–Crippen MR) is 63.2 cm³/mol. The first-order chi connectivity index (χ1) is 9.73. The lowest BCUT2D eigenvalue weighted by Crippen LogP contribution is -2.47. The Labute approximate surface area is 115 Å². The molecule has 0 spiro atoms. The van der Waals surface area contributed by atoms with Gasteiger partial charge in [-0.05, 0) is 12.1 Å². The molecule has 0 aliphatic rings. The minimum atomic E-state index is -5.96. The lowest BCUT2D eigenvalue weighted by atomic mass is 10.2. The molecule has 2 aromatic rings. The van der Waals surface area contributed by atoms with Gasteiger partial charge in [0.25, 0.3) is 0 Å². The molecule has 0 fully saturated rings. The zero-order chi connectivity index (χ0) is 15.7. The van der Waals surface area contributed by atoms with Crippen LogP contribution in [0, 0.1) is 0 Å². The molecule has 21 heavy (non-hydrogen) atoms. The fraction of sp³-hybridized carbons (Fsp3) is 0.167. The Bertz CT molecular complexity index is 637. The molecule has 1 aromatic heterocycles. The quantitative estimate of drug-likeness (QED) is 0.886. The Morgan fingerprint density at radius 1 is 1.14 bits per heavy atom. The second-order valence-corrected chi connectivity index (χ2v) is 4.01. The number of nitrogens with one attached hydrogen (secondary N) is 1. The van der Waals surface area contributed by atoms with Crippen molar-refractivity contribution in [3.8, 4) is 5.69 Å². The number of imidazole rings is 1. The molecule has 0 radical (unpaired) electrons. The number of carbonyl (C=O) groups is 1. The number of amides is 1. The first-order valence-corrected chi connectivity index (χ1v) is 5.57. The fourth-order valence-corrected chi connectivity index (χ4v) is 1.54. The Kier molecular flexibility index (Phi) is 3.67. The van der Waals surface area contributed by atoms with E-state index >= 15 is 0 Å². The topological polar surface area (TPSA) is 46.9 Å². The van der Waals surface area contributed by atoms with Gasteiger partial charge in [0.05, 0.1) is 17.7 Å². The number of para-hydroxylation sites is 2. The molecule has 1 heterocycles. The van der Waals surface area contributed by atoms with Crippen LogP contribution in [0.4, 0.5) is 27.6 Å². The van der Waals surface area contributed by atoms with Crippen LogP contribution < -0.4 is 5.32 Å². The molecule has 0 saturated heterocycles. The van der Waals surface area contributed by atoms with Gasteiger partial charge in [-0.15, -0.1) is 0 Å². The summed E-state index contributed by atoms with van der Waals surface area (Å²) in [5.41, 5.74) is 0.0192. The summed E-state index contributed by atoms with van der Waals surface area (Å²) >= 11 is 0. The van der Waals surface area contributed by atoms with Crippen molar-refractivity contribution in [3.05, 3.63) is 43.0 Å². The van der Waals surface area contributed by atoms with Crippen LogP contribution in [0.1, 0.15) is 0 Å². The van der Waals surface area contributed by atoms with E-state index in [1.165, 1.54) is 47.6 Å². The summed E-state index contributed by atoms with van der Waals surface area (Å²) in [6.45, 7) is 0. The van der Waals surface area contributed by atoms with E-state index in [9.17, 15) is 26.7 Å². The van der Waals surface area contributed by atoms with Gasteiger partial charge in [-0.25, -0.2) is 4.98 Å². The van der Waals surface area contributed by atoms with E-state index in [2.05, 4.69) is 4.98 Å². The number of hydrogen-bond donors (Lipinski definition) is 1. The van der Waals surface area contributed by atoms with E-state index in [1.807, 2.05) is 0 Å². The normalized spacial score (nSPS) is 12.2. The maximum atomic E-state index is 12.9. The highest BCUT2D eigenvalue weighted by Gasteiger charge is 2.63. The lowest BCUT2D eigenvalue weighted by molar-refractivity contribution is -0.267. The maximum absolute atomic E-state index is 12.9. The van der Waals surface area contributed by atoms with Gasteiger partial charge in [-0.1, -0.05) is 12.1 Å². The smallest absolute Gasteiger partial charge is 0.319 e. The SMILES string of the molecule is O=C(Nc1ccccc1-n1ccnc1)C(F)(F)C(F)(F)F. The lowest BCUT2D eigenvalue weighted by Gasteiger charge is -2.19. The number of aromatic nitrogens is 2. The third-order valence-electron chi connectivity index (χ3n) is 2.58. The standard InChI is InChI=1S/C12H8F5N3O/c13-11(14,12(15,16)17)10(21)19-8-3-1-2-4-9(8)20-6-5-18-7-20/h1-7H,(H,19,21). The van der Waals surface area contributed by atoms with Crippen LogP contribution in [-0.4, -0.2) is 27.6 Å². The summed E-state index contributed by atoms with van der Waals surface area (Å²) in [5, 5.41) is 1.59. The molecule has 0 saturated carbocycles. The van der Waals surface area contributed by atoms with Gasteiger partial charge in [0.1, 0.15) is 0 Å². The van der Waals surface area contributed by atoms with Gasteiger partial charge < -0.3 is 9.88 Å². The van der Waals surface area contributed by atoms with Crippen molar-refractivity contribution in [1.82, 2.24) is 9.55 Å². The molecule has 2 rings (SSSR count). The number of nitrogens with zero attached hydrogens (tertiary/aromatic N) is 2. The van der Waals surface area contributed by atoms with Gasteiger partial charge in [-0.2, -0.15) is 22.0 Å². The summed E-state index contributed by atoms with van der Waals surface area (Å²) in [7, 11) is 0. The van der Waals surface area contributed by atoms with Crippen LogP contribution in [0.15, 0.2) is 43.0 Å². The van der Waals surface area contributed by atoms with E-state index < -0.39 is 18.0 Å².